The van der Waals surface area contributed by atoms with Crippen molar-refractivity contribution in [3.05, 3.63) is 34.6 Å². The maximum atomic E-state index is 12.8. The third kappa shape index (κ3) is 1.48. The second kappa shape index (κ2) is 3.40. The molecule has 0 aliphatic rings. The van der Waals surface area contributed by atoms with Gasteiger partial charge in [-0.05, 0) is 12.1 Å². The number of hydrogen-bond donors (Lipinski definition) is 2. The van der Waals surface area contributed by atoms with Crippen LogP contribution in [0.3, 0.4) is 0 Å². The molecule has 64 valence electrons. The number of amidine groups is 1. The Balaban J connectivity index is 3.26. The summed E-state index contributed by atoms with van der Waals surface area (Å²) in [5.74, 6) is 4.38. The molecule has 0 atom stereocenters. The zero-order valence-corrected chi connectivity index (χ0v) is 6.85. The Kier molecular flexibility index (Phi) is 2.50. The molecule has 0 aliphatic carbocycles. The number of nitrogens with two attached hydrogens (primary N) is 2. The highest BCUT2D eigenvalue weighted by Gasteiger charge is 2.07. The number of hydrazone groups is 1. The Hall–Kier alpha value is -1.29. The van der Waals surface area contributed by atoms with Crippen LogP contribution in [0.4, 0.5) is 4.39 Å². The second-order valence-electron chi connectivity index (χ2n) is 2.12. The van der Waals surface area contributed by atoms with E-state index in [2.05, 4.69) is 5.10 Å². The summed E-state index contributed by atoms with van der Waals surface area (Å²) in [7, 11) is 0. The molecule has 1 aromatic rings. The van der Waals surface area contributed by atoms with Crippen molar-refractivity contribution in [2.75, 3.05) is 0 Å². The van der Waals surface area contributed by atoms with Crippen molar-refractivity contribution in [3.8, 4) is 0 Å². The highest BCUT2D eigenvalue weighted by atomic mass is 35.5. The van der Waals surface area contributed by atoms with Crippen LogP contribution in [-0.2, 0) is 0 Å². The van der Waals surface area contributed by atoms with E-state index in [0.29, 0.717) is 5.56 Å². The van der Waals surface area contributed by atoms with Gasteiger partial charge in [0.25, 0.3) is 0 Å². The van der Waals surface area contributed by atoms with E-state index in [0.717, 1.165) is 0 Å². The molecule has 4 N–H and O–H groups in total. The summed E-state index contributed by atoms with van der Waals surface area (Å²) in [4.78, 5) is 0. The van der Waals surface area contributed by atoms with Crippen LogP contribution in [-0.4, -0.2) is 5.84 Å². The molecule has 0 saturated carbocycles. The number of halogens is 2. The molecule has 0 unspecified atom stereocenters. The molecule has 3 nitrogen and oxygen atoms in total. The van der Waals surface area contributed by atoms with Crippen molar-refractivity contribution in [2.45, 2.75) is 0 Å². The summed E-state index contributed by atoms with van der Waals surface area (Å²) in [6.45, 7) is 0. The molecular weight excluding hydrogens is 181 g/mol. The van der Waals surface area contributed by atoms with E-state index in [1.165, 1.54) is 18.2 Å². The molecule has 0 amide bonds. The van der Waals surface area contributed by atoms with Crippen LogP contribution < -0.4 is 11.6 Å². The molecule has 12 heavy (non-hydrogen) atoms. The van der Waals surface area contributed by atoms with Crippen LogP contribution in [0, 0.1) is 5.82 Å². The normalized spacial score (nSPS) is 11.7. The summed E-state index contributed by atoms with van der Waals surface area (Å²) in [6.07, 6.45) is 0. The first kappa shape index (κ1) is 8.80. The minimum Gasteiger partial charge on any atom is -0.382 e. The Morgan fingerprint density at radius 3 is 2.75 bits per heavy atom. The zero-order valence-electron chi connectivity index (χ0n) is 6.09. The highest BCUT2D eigenvalue weighted by Crippen LogP contribution is 2.18. The number of benzene rings is 1. The van der Waals surface area contributed by atoms with Crippen LogP contribution in [0.5, 0.6) is 0 Å². The van der Waals surface area contributed by atoms with E-state index in [1.807, 2.05) is 0 Å². The minimum absolute atomic E-state index is 0.0134. The first-order valence-corrected chi connectivity index (χ1v) is 3.52. The monoisotopic (exact) mass is 187 g/mol. The lowest BCUT2D eigenvalue weighted by atomic mass is 10.2. The smallest absolute Gasteiger partial charge is 0.151 e. The van der Waals surface area contributed by atoms with Gasteiger partial charge in [0.05, 0.1) is 5.02 Å². The highest BCUT2D eigenvalue weighted by molar-refractivity contribution is 6.34. The lowest BCUT2D eigenvalue weighted by Gasteiger charge is -2.01. The van der Waals surface area contributed by atoms with Crippen molar-refractivity contribution < 1.29 is 4.39 Å². The van der Waals surface area contributed by atoms with Crippen LogP contribution in [0.15, 0.2) is 23.3 Å². The molecule has 0 saturated heterocycles. The third-order valence-corrected chi connectivity index (χ3v) is 1.75. The van der Waals surface area contributed by atoms with Crippen LogP contribution in [0.1, 0.15) is 5.56 Å². The first-order chi connectivity index (χ1) is 5.66. The van der Waals surface area contributed by atoms with Gasteiger partial charge in [0.1, 0.15) is 5.82 Å². The topological polar surface area (TPSA) is 64.4 Å². The van der Waals surface area contributed by atoms with Crippen LogP contribution in [0.25, 0.3) is 0 Å². The van der Waals surface area contributed by atoms with E-state index in [-0.39, 0.29) is 10.9 Å². The fraction of sp³-hybridized carbons (Fsp3) is 0. The van der Waals surface area contributed by atoms with Crippen molar-refractivity contribution in [3.63, 3.8) is 0 Å². The molecule has 1 aromatic carbocycles. The fourth-order valence-corrected chi connectivity index (χ4v) is 0.994. The maximum Gasteiger partial charge on any atom is 0.151 e. The van der Waals surface area contributed by atoms with Gasteiger partial charge in [-0.25, -0.2) is 4.39 Å². The Morgan fingerprint density at radius 1 is 1.50 bits per heavy atom. The van der Waals surface area contributed by atoms with Gasteiger partial charge < -0.3 is 11.6 Å². The van der Waals surface area contributed by atoms with E-state index < -0.39 is 5.82 Å². The van der Waals surface area contributed by atoms with Crippen molar-refractivity contribution >= 4 is 17.4 Å². The summed E-state index contributed by atoms with van der Waals surface area (Å²) in [6, 6.07) is 4.25. The van der Waals surface area contributed by atoms with E-state index in [1.54, 1.807) is 0 Å². The number of rotatable bonds is 1. The Bertz CT molecular complexity index is 324. The molecule has 5 heteroatoms. The van der Waals surface area contributed by atoms with Crippen LogP contribution in [0.2, 0.25) is 5.02 Å². The van der Waals surface area contributed by atoms with Crippen LogP contribution >= 0.6 is 11.6 Å². The number of hydrogen-bond acceptors (Lipinski definition) is 2. The summed E-state index contributed by atoms with van der Waals surface area (Å²) in [5.41, 5.74) is 5.64. The predicted molar refractivity (Wildman–Crippen MR) is 46.3 cm³/mol. The first-order valence-electron chi connectivity index (χ1n) is 3.14. The summed E-state index contributed by atoms with van der Waals surface area (Å²) in [5, 5.41) is 3.14. The van der Waals surface area contributed by atoms with Gasteiger partial charge in [-0.15, -0.1) is 0 Å². The van der Waals surface area contributed by atoms with Gasteiger partial charge in [-0.3, -0.25) is 0 Å². The van der Waals surface area contributed by atoms with Gasteiger partial charge in [0.2, 0.25) is 0 Å². The average molecular weight is 188 g/mol. The van der Waals surface area contributed by atoms with Gasteiger partial charge in [0, 0.05) is 5.56 Å². The third-order valence-electron chi connectivity index (χ3n) is 1.37. The average Bonchev–Trinajstić information content (AvgIpc) is 2.08. The molecule has 0 aromatic heterocycles. The van der Waals surface area contributed by atoms with Gasteiger partial charge >= 0.3 is 0 Å². The summed E-state index contributed by atoms with van der Waals surface area (Å²) >= 11 is 5.58. The molecule has 0 bridgehead atoms. The molecule has 0 aliphatic heterocycles. The van der Waals surface area contributed by atoms with Gasteiger partial charge in [0.15, 0.2) is 5.84 Å². The van der Waals surface area contributed by atoms with Crippen molar-refractivity contribution in [1.82, 2.24) is 0 Å². The molecule has 1 rings (SSSR count). The maximum absolute atomic E-state index is 12.8. The standard InChI is InChI=1S/C7H7ClFN3/c8-6-4(7(10)12-11)2-1-3-5(6)9/h1-3H,11H2,(H2,10,12). The second-order valence-corrected chi connectivity index (χ2v) is 2.49. The van der Waals surface area contributed by atoms with E-state index >= 15 is 0 Å². The Morgan fingerprint density at radius 2 is 2.17 bits per heavy atom. The van der Waals surface area contributed by atoms with E-state index in [9.17, 15) is 4.39 Å². The van der Waals surface area contributed by atoms with Crippen molar-refractivity contribution in [2.24, 2.45) is 16.7 Å². The SMILES string of the molecule is N/N=C(/N)c1cccc(F)c1Cl. The van der Waals surface area contributed by atoms with Gasteiger partial charge in [-0.2, -0.15) is 5.10 Å². The molecule has 0 fully saturated rings. The lowest BCUT2D eigenvalue weighted by Crippen LogP contribution is -2.16. The fourth-order valence-electron chi connectivity index (χ4n) is 0.771. The minimum atomic E-state index is -0.541. The molecular formula is C7H7ClFN3. The lowest BCUT2D eigenvalue weighted by molar-refractivity contribution is 0.628. The summed E-state index contributed by atoms with van der Waals surface area (Å²) < 4.78 is 12.8. The predicted octanol–water partition coefficient (Wildman–Crippen LogP) is 1.06. The van der Waals surface area contributed by atoms with Gasteiger partial charge in [-0.1, -0.05) is 17.7 Å². The molecule has 0 spiro atoms. The Labute approximate surface area is 73.8 Å². The van der Waals surface area contributed by atoms with E-state index in [4.69, 9.17) is 23.2 Å². The number of nitrogens with zero attached hydrogens (tertiary/aromatic N) is 1. The van der Waals surface area contributed by atoms with Crippen molar-refractivity contribution in [1.29, 1.82) is 0 Å². The molecule has 0 heterocycles. The largest absolute Gasteiger partial charge is 0.382 e. The quantitative estimate of drug-likeness (QED) is 0.299. The zero-order chi connectivity index (χ0) is 9.14. The molecule has 0 radical (unpaired) electrons.